The lowest BCUT2D eigenvalue weighted by Crippen LogP contribution is -2.22. The Labute approximate surface area is 121 Å². The Morgan fingerprint density at radius 3 is 2.45 bits per heavy atom. The maximum Gasteiger partial charge on any atom is 0.242 e. The molecule has 1 N–H and O–H groups in total. The van der Waals surface area contributed by atoms with Gasteiger partial charge in [0.05, 0.1) is 11.5 Å². The van der Waals surface area contributed by atoms with Gasteiger partial charge in [0.1, 0.15) is 5.75 Å². The zero-order valence-corrected chi connectivity index (χ0v) is 12.8. The van der Waals surface area contributed by atoms with Crippen molar-refractivity contribution in [1.82, 2.24) is 9.62 Å². The van der Waals surface area contributed by atoms with E-state index >= 15 is 0 Å². The molecular weight excluding hydrogens is 276 g/mol. The van der Waals surface area contributed by atoms with E-state index in [1.54, 1.807) is 24.3 Å². The molecule has 0 atom stereocenters. The van der Waals surface area contributed by atoms with Gasteiger partial charge in [-0.25, -0.2) is 12.7 Å². The van der Waals surface area contributed by atoms with Crippen molar-refractivity contribution >= 4 is 10.0 Å². The SMILES string of the molecule is CN(C)S(=O)(=O)c1ccc(OCCCNC2CC2)cc1. The number of rotatable bonds is 8. The quantitative estimate of drug-likeness (QED) is 0.738. The zero-order chi connectivity index (χ0) is 14.6. The maximum atomic E-state index is 11.9. The van der Waals surface area contributed by atoms with Gasteiger partial charge in [0, 0.05) is 20.1 Å². The lowest BCUT2D eigenvalue weighted by molar-refractivity contribution is 0.308. The van der Waals surface area contributed by atoms with Gasteiger partial charge in [0.25, 0.3) is 0 Å². The van der Waals surface area contributed by atoms with Crippen LogP contribution >= 0.6 is 0 Å². The monoisotopic (exact) mass is 298 g/mol. The second-order valence-electron chi connectivity index (χ2n) is 5.19. The number of nitrogens with one attached hydrogen (secondary N) is 1. The third kappa shape index (κ3) is 4.19. The molecule has 0 bridgehead atoms. The summed E-state index contributed by atoms with van der Waals surface area (Å²) >= 11 is 0. The highest BCUT2D eigenvalue weighted by Crippen LogP contribution is 2.19. The zero-order valence-electron chi connectivity index (χ0n) is 12.0. The Morgan fingerprint density at radius 1 is 1.25 bits per heavy atom. The van der Waals surface area contributed by atoms with Crippen LogP contribution in [0, 0.1) is 0 Å². The molecule has 0 radical (unpaired) electrons. The van der Waals surface area contributed by atoms with Crippen LogP contribution in [0.25, 0.3) is 0 Å². The van der Waals surface area contributed by atoms with Crippen molar-refractivity contribution in [2.75, 3.05) is 27.2 Å². The first-order valence-electron chi connectivity index (χ1n) is 6.89. The highest BCUT2D eigenvalue weighted by Gasteiger charge is 2.19. The van der Waals surface area contributed by atoms with Crippen LogP contribution in [-0.2, 0) is 10.0 Å². The Balaban J connectivity index is 1.78. The third-order valence-electron chi connectivity index (χ3n) is 3.20. The molecule has 1 aromatic rings. The molecule has 6 heteroatoms. The summed E-state index contributed by atoms with van der Waals surface area (Å²) in [5.74, 6) is 0.703. The van der Waals surface area contributed by atoms with Crippen LogP contribution in [0.15, 0.2) is 29.2 Å². The van der Waals surface area contributed by atoms with E-state index in [1.807, 2.05) is 0 Å². The number of benzene rings is 1. The van der Waals surface area contributed by atoms with Gasteiger partial charge >= 0.3 is 0 Å². The standard InChI is InChI=1S/C14H22N2O3S/c1-16(2)20(17,18)14-8-6-13(7-9-14)19-11-3-10-15-12-4-5-12/h6-9,12,15H,3-5,10-11H2,1-2H3. The molecule has 0 aromatic heterocycles. The number of sulfonamides is 1. The minimum absolute atomic E-state index is 0.283. The van der Waals surface area contributed by atoms with Gasteiger partial charge in [0.15, 0.2) is 0 Å². The Kier molecular flexibility index (Phi) is 5.01. The molecule has 1 aliphatic rings. The molecule has 1 fully saturated rings. The lowest BCUT2D eigenvalue weighted by atomic mass is 10.3. The van der Waals surface area contributed by atoms with Crippen LogP contribution in [0.1, 0.15) is 19.3 Å². The molecule has 0 unspecified atom stereocenters. The molecule has 0 heterocycles. The molecule has 20 heavy (non-hydrogen) atoms. The van der Waals surface area contributed by atoms with E-state index in [-0.39, 0.29) is 4.90 Å². The number of hydrogen-bond acceptors (Lipinski definition) is 4. The molecule has 0 spiro atoms. The Bertz CT molecular complexity index is 522. The van der Waals surface area contributed by atoms with Crippen LogP contribution in [0.4, 0.5) is 0 Å². The number of nitrogens with zero attached hydrogens (tertiary/aromatic N) is 1. The van der Waals surface area contributed by atoms with Crippen molar-refractivity contribution in [3.8, 4) is 5.75 Å². The third-order valence-corrected chi connectivity index (χ3v) is 5.03. The van der Waals surface area contributed by atoms with E-state index in [0.29, 0.717) is 12.4 Å². The first-order valence-corrected chi connectivity index (χ1v) is 8.33. The van der Waals surface area contributed by atoms with Crippen LogP contribution in [-0.4, -0.2) is 46.0 Å². The first kappa shape index (κ1) is 15.3. The van der Waals surface area contributed by atoms with Crippen molar-refractivity contribution in [2.45, 2.75) is 30.2 Å². The summed E-state index contributed by atoms with van der Waals surface area (Å²) in [7, 11) is -0.317. The number of hydrogen-bond donors (Lipinski definition) is 1. The van der Waals surface area contributed by atoms with E-state index in [4.69, 9.17) is 4.74 Å². The molecule has 1 aromatic carbocycles. The summed E-state index contributed by atoms with van der Waals surface area (Å²) in [4.78, 5) is 0.283. The summed E-state index contributed by atoms with van der Waals surface area (Å²) in [5, 5.41) is 3.42. The molecule has 5 nitrogen and oxygen atoms in total. The summed E-state index contributed by atoms with van der Waals surface area (Å²) in [6.45, 7) is 1.61. The minimum atomic E-state index is -3.36. The van der Waals surface area contributed by atoms with Crippen molar-refractivity contribution < 1.29 is 13.2 Å². The Hall–Kier alpha value is -1.11. The molecule has 1 aliphatic carbocycles. The molecule has 112 valence electrons. The van der Waals surface area contributed by atoms with Gasteiger partial charge in [-0.3, -0.25) is 0 Å². The number of ether oxygens (including phenoxy) is 1. The van der Waals surface area contributed by atoms with Crippen LogP contribution < -0.4 is 10.1 Å². The van der Waals surface area contributed by atoms with E-state index in [9.17, 15) is 8.42 Å². The largest absolute Gasteiger partial charge is 0.494 e. The van der Waals surface area contributed by atoms with Crippen molar-refractivity contribution in [1.29, 1.82) is 0 Å². The highest BCUT2D eigenvalue weighted by molar-refractivity contribution is 7.89. The van der Waals surface area contributed by atoms with Crippen molar-refractivity contribution in [3.05, 3.63) is 24.3 Å². The van der Waals surface area contributed by atoms with Crippen LogP contribution in [0.5, 0.6) is 5.75 Å². The fraction of sp³-hybridized carbons (Fsp3) is 0.571. The van der Waals surface area contributed by atoms with Crippen molar-refractivity contribution in [2.24, 2.45) is 0 Å². The van der Waals surface area contributed by atoms with E-state index in [2.05, 4.69) is 5.32 Å². The molecule has 1 saturated carbocycles. The topological polar surface area (TPSA) is 58.6 Å². The summed E-state index contributed by atoms with van der Waals surface area (Å²) in [5.41, 5.74) is 0. The van der Waals surface area contributed by atoms with E-state index in [1.165, 1.54) is 31.2 Å². The smallest absolute Gasteiger partial charge is 0.242 e. The Morgan fingerprint density at radius 2 is 1.90 bits per heavy atom. The summed E-state index contributed by atoms with van der Waals surface area (Å²) in [6.07, 6.45) is 3.54. The van der Waals surface area contributed by atoms with Gasteiger partial charge in [-0.15, -0.1) is 0 Å². The second kappa shape index (κ2) is 6.56. The minimum Gasteiger partial charge on any atom is -0.494 e. The van der Waals surface area contributed by atoms with Crippen LogP contribution in [0.2, 0.25) is 0 Å². The van der Waals surface area contributed by atoms with E-state index < -0.39 is 10.0 Å². The van der Waals surface area contributed by atoms with Gasteiger partial charge < -0.3 is 10.1 Å². The van der Waals surface area contributed by atoms with Gasteiger partial charge in [0.2, 0.25) is 10.0 Å². The first-order chi connectivity index (χ1) is 9.50. The second-order valence-corrected chi connectivity index (χ2v) is 7.34. The van der Waals surface area contributed by atoms with Gasteiger partial charge in [-0.05, 0) is 50.1 Å². The molecule has 0 aliphatic heterocycles. The molecule has 0 saturated heterocycles. The van der Waals surface area contributed by atoms with Gasteiger partial charge in [-0.1, -0.05) is 0 Å². The fourth-order valence-corrected chi connectivity index (χ4v) is 2.68. The molecule has 0 amide bonds. The highest BCUT2D eigenvalue weighted by atomic mass is 32.2. The summed E-state index contributed by atoms with van der Waals surface area (Å²) in [6, 6.07) is 7.28. The summed E-state index contributed by atoms with van der Waals surface area (Å²) < 4.78 is 30.6. The van der Waals surface area contributed by atoms with Gasteiger partial charge in [-0.2, -0.15) is 0 Å². The average molecular weight is 298 g/mol. The van der Waals surface area contributed by atoms with E-state index in [0.717, 1.165) is 19.0 Å². The average Bonchev–Trinajstić information content (AvgIpc) is 3.23. The van der Waals surface area contributed by atoms with Crippen LogP contribution in [0.3, 0.4) is 0 Å². The predicted molar refractivity (Wildman–Crippen MR) is 78.5 cm³/mol. The molecular formula is C14H22N2O3S. The lowest BCUT2D eigenvalue weighted by Gasteiger charge is -2.12. The van der Waals surface area contributed by atoms with Crippen molar-refractivity contribution in [3.63, 3.8) is 0 Å². The maximum absolute atomic E-state index is 11.9. The molecule has 2 rings (SSSR count). The normalized spacial score (nSPS) is 15.6. The predicted octanol–water partition coefficient (Wildman–Crippen LogP) is 1.46. The fourth-order valence-electron chi connectivity index (χ4n) is 1.77.